The van der Waals surface area contributed by atoms with Crippen molar-refractivity contribution in [2.24, 2.45) is 0 Å². The van der Waals surface area contributed by atoms with Crippen LogP contribution in [0.1, 0.15) is 18.0 Å². The van der Waals surface area contributed by atoms with Gasteiger partial charge < -0.3 is 10.6 Å². The highest BCUT2D eigenvalue weighted by atomic mass is 32.1. The summed E-state index contributed by atoms with van der Waals surface area (Å²) in [7, 11) is 0. The van der Waals surface area contributed by atoms with Crippen LogP contribution in [-0.2, 0) is 4.79 Å². The third kappa shape index (κ3) is 2.08. The second-order valence-electron chi connectivity index (χ2n) is 3.12. The standard InChI is InChI=1S/C9H12N2OS/c12-9-5-8(10-2-3-11-9)7-1-4-13-6-7/h1,4,6,8,10H,2-3,5H2,(H,11,12). The quantitative estimate of drug-likeness (QED) is 0.700. The predicted molar refractivity (Wildman–Crippen MR) is 52.7 cm³/mol. The van der Waals surface area contributed by atoms with E-state index in [9.17, 15) is 4.79 Å². The minimum atomic E-state index is 0.140. The van der Waals surface area contributed by atoms with Gasteiger partial charge in [-0.05, 0) is 22.4 Å². The van der Waals surface area contributed by atoms with Crippen LogP contribution >= 0.6 is 11.3 Å². The molecule has 0 bridgehead atoms. The van der Waals surface area contributed by atoms with E-state index in [1.54, 1.807) is 11.3 Å². The van der Waals surface area contributed by atoms with E-state index in [0.717, 1.165) is 13.1 Å². The smallest absolute Gasteiger partial charge is 0.221 e. The molecule has 0 saturated carbocycles. The van der Waals surface area contributed by atoms with Crippen molar-refractivity contribution in [1.29, 1.82) is 0 Å². The van der Waals surface area contributed by atoms with Crippen molar-refractivity contribution < 1.29 is 4.79 Å². The van der Waals surface area contributed by atoms with Crippen molar-refractivity contribution in [2.45, 2.75) is 12.5 Å². The number of nitrogens with one attached hydrogen (secondary N) is 2. The molecular formula is C9H12N2OS. The van der Waals surface area contributed by atoms with Crippen LogP contribution in [0.2, 0.25) is 0 Å². The second-order valence-corrected chi connectivity index (χ2v) is 3.90. The molecule has 2 N–H and O–H groups in total. The Labute approximate surface area is 81.2 Å². The molecule has 1 aliphatic rings. The van der Waals surface area contributed by atoms with Crippen LogP contribution in [0.25, 0.3) is 0 Å². The van der Waals surface area contributed by atoms with Crippen LogP contribution < -0.4 is 10.6 Å². The van der Waals surface area contributed by atoms with Crippen LogP contribution in [0.3, 0.4) is 0 Å². The Kier molecular flexibility index (Phi) is 2.61. The van der Waals surface area contributed by atoms with Gasteiger partial charge >= 0.3 is 0 Å². The van der Waals surface area contributed by atoms with Gasteiger partial charge in [0.15, 0.2) is 0 Å². The van der Waals surface area contributed by atoms with Crippen molar-refractivity contribution in [3.63, 3.8) is 0 Å². The summed E-state index contributed by atoms with van der Waals surface area (Å²) < 4.78 is 0. The fourth-order valence-corrected chi connectivity index (χ4v) is 2.20. The van der Waals surface area contributed by atoms with Crippen molar-refractivity contribution in [1.82, 2.24) is 10.6 Å². The Morgan fingerprint density at radius 1 is 1.46 bits per heavy atom. The van der Waals surface area contributed by atoms with Crippen molar-refractivity contribution >= 4 is 17.2 Å². The van der Waals surface area contributed by atoms with Gasteiger partial charge in [0.05, 0.1) is 0 Å². The summed E-state index contributed by atoms with van der Waals surface area (Å²) in [5.41, 5.74) is 1.22. The molecule has 0 aromatic carbocycles. The predicted octanol–water partition coefficient (Wildman–Crippen LogP) is 0.899. The molecular weight excluding hydrogens is 184 g/mol. The summed E-state index contributed by atoms with van der Waals surface area (Å²) >= 11 is 1.67. The van der Waals surface area contributed by atoms with Crippen molar-refractivity contribution in [2.75, 3.05) is 13.1 Å². The number of hydrogen-bond acceptors (Lipinski definition) is 3. The van der Waals surface area contributed by atoms with E-state index in [0.29, 0.717) is 6.42 Å². The molecule has 70 valence electrons. The number of thiophene rings is 1. The summed E-state index contributed by atoms with van der Waals surface area (Å²) in [6, 6.07) is 2.27. The highest BCUT2D eigenvalue weighted by Crippen LogP contribution is 2.19. The van der Waals surface area contributed by atoms with Gasteiger partial charge in [0.2, 0.25) is 5.91 Å². The van der Waals surface area contributed by atoms with E-state index >= 15 is 0 Å². The zero-order chi connectivity index (χ0) is 9.10. The number of amides is 1. The van der Waals surface area contributed by atoms with Gasteiger partial charge in [-0.1, -0.05) is 0 Å². The molecule has 1 aromatic rings. The lowest BCUT2D eigenvalue weighted by Gasteiger charge is -2.11. The molecule has 0 spiro atoms. The van der Waals surface area contributed by atoms with E-state index in [1.807, 2.05) is 5.38 Å². The van der Waals surface area contributed by atoms with Gasteiger partial charge in [0, 0.05) is 25.6 Å². The van der Waals surface area contributed by atoms with Gasteiger partial charge in [0.1, 0.15) is 0 Å². The van der Waals surface area contributed by atoms with E-state index in [2.05, 4.69) is 22.1 Å². The molecule has 3 nitrogen and oxygen atoms in total. The van der Waals surface area contributed by atoms with Gasteiger partial charge in [0.25, 0.3) is 0 Å². The first-order chi connectivity index (χ1) is 6.36. The maximum absolute atomic E-state index is 11.2. The number of rotatable bonds is 1. The molecule has 1 fully saturated rings. The number of hydrogen-bond donors (Lipinski definition) is 2. The maximum Gasteiger partial charge on any atom is 0.221 e. The Balaban J connectivity index is 2.09. The first kappa shape index (κ1) is 8.72. The molecule has 1 amide bonds. The van der Waals surface area contributed by atoms with E-state index in [4.69, 9.17) is 0 Å². The SMILES string of the molecule is O=C1CC(c2ccsc2)NCCN1. The van der Waals surface area contributed by atoms with Crippen LogP contribution in [0.5, 0.6) is 0 Å². The fraction of sp³-hybridized carbons (Fsp3) is 0.444. The van der Waals surface area contributed by atoms with Crippen molar-refractivity contribution in [3.8, 4) is 0 Å². The van der Waals surface area contributed by atoms with Gasteiger partial charge in [-0.15, -0.1) is 0 Å². The number of carbonyl (C=O) groups is 1. The summed E-state index contributed by atoms with van der Waals surface area (Å²) in [6.45, 7) is 1.59. The van der Waals surface area contributed by atoms with Gasteiger partial charge in [-0.2, -0.15) is 11.3 Å². The highest BCUT2D eigenvalue weighted by Gasteiger charge is 2.18. The zero-order valence-electron chi connectivity index (χ0n) is 7.25. The molecule has 0 radical (unpaired) electrons. The fourth-order valence-electron chi connectivity index (χ4n) is 1.49. The number of carbonyl (C=O) groups excluding carboxylic acids is 1. The summed E-state index contributed by atoms with van der Waals surface area (Å²) in [6.07, 6.45) is 0.552. The maximum atomic E-state index is 11.2. The molecule has 4 heteroatoms. The Morgan fingerprint density at radius 3 is 3.15 bits per heavy atom. The molecule has 1 aromatic heterocycles. The van der Waals surface area contributed by atoms with Crippen LogP contribution in [0, 0.1) is 0 Å². The van der Waals surface area contributed by atoms with Crippen molar-refractivity contribution in [3.05, 3.63) is 22.4 Å². The normalized spacial score (nSPS) is 23.7. The Bertz CT molecular complexity index is 284. The third-order valence-electron chi connectivity index (χ3n) is 2.17. The van der Waals surface area contributed by atoms with Crippen LogP contribution in [-0.4, -0.2) is 19.0 Å². The van der Waals surface area contributed by atoms with Gasteiger partial charge in [-0.25, -0.2) is 0 Å². The largest absolute Gasteiger partial charge is 0.355 e. The second kappa shape index (κ2) is 3.89. The van der Waals surface area contributed by atoms with Crippen LogP contribution in [0.4, 0.5) is 0 Å². The zero-order valence-corrected chi connectivity index (χ0v) is 8.06. The minimum Gasteiger partial charge on any atom is -0.355 e. The van der Waals surface area contributed by atoms with Gasteiger partial charge in [-0.3, -0.25) is 4.79 Å². The Hall–Kier alpha value is -0.870. The van der Waals surface area contributed by atoms with Crippen LogP contribution in [0.15, 0.2) is 16.8 Å². The molecule has 2 rings (SSSR count). The topological polar surface area (TPSA) is 41.1 Å². The first-order valence-corrected chi connectivity index (χ1v) is 5.33. The van der Waals surface area contributed by atoms with E-state index in [-0.39, 0.29) is 11.9 Å². The summed E-state index contributed by atoms with van der Waals surface area (Å²) in [4.78, 5) is 11.2. The summed E-state index contributed by atoms with van der Waals surface area (Å²) in [5.74, 6) is 0.140. The highest BCUT2D eigenvalue weighted by molar-refractivity contribution is 7.07. The lowest BCUT2D eigenvalue weighted by molar-refractivity contribution is -0.121. The van der Waals surface area contributed by atoms with E-state index < -0.39 is 0 Å². The average molecular weight is 196 g/mol. The lowest BCUT2D eigenvalue weighted by Crippen LogP contribution is -2.24. The molecule has 0 aliphatic carbocycles. The third-order valence-corrected chi connectivity index (χ3v) is 2.87. The molecule has 1 atom stereocenters. The molecule has 2 heterocycles. The Morgan fingerprint density at radius 2 is 2.38 bits per heavy atom. The molecule has 1 aliphatic heterocycles. The molecule has 1 saturated heterocycles. The summed E-state index contributed by atoms with van der Waals surface area (Å²) in [5, 5.41) is 10.3. The van der Waals surface area contributed by atoms with E-state index in [1.165, 1.54) is 5.56 Å². The lowest BCUT2D eigenvalue weighted by atomic mass is 10.1. The molecule has 1 unspecified atom stereocenters. The monoisotopic (exact) mass is 196 g/mol. The molecule has 13 heavy (non-hydrogen) atoms. The minimum absolute atomic E-state index is 0.140. The first-order valence-electron chi connectivity index (χ1n) is 4.38. The average Bonchev–Trinajstić information content (AvgIpc) is 2.56.